The van der Waals surface area contributed by atoms with Gasteiger partial charge >= 0.3 is 6.09 Å². The predicted molar refractivity (Wildman–Crippen MR) is 365 cm³/mol. The maximum atomic E-state index is 15.3. The number of carbonyl (C=O) groups is 6. The molecule has 8 rings (SSSR count). The zero-order valence-electron chi connectivity index (χ0n) is 54.8. The zero-order chi connectivity index (χ0) is 67.2. The minimum Gasteiger partial charge on any atom is -0.487 e. The number of hydrogen-bond acceptors (Lipinski definition) is 12. The molecule has 8 N–H and O–H groups in total. The minimum atomic E-state index is -4.28. The van der Waals surface area contributed by atoms with Crippen molar-refractivity contribution >= 4 is 63.4 Å². The van der Waals surface area contributed by atoms with Crippen molar-refractivity contribution in [3.8, 4) is 16.9 Å². The molecule has 1 aliphatic heterocycles. The Balaban J connectivity index is 1.08. The highest BCUT2D eigenvalue weighted by atomic mass is 32.2. The van der Waals surface area contributed by atoms with Crippen LogP contribution in [-0.2, 0) is 49.9 Å². The van der Waals surface area contributed by atoms with Crippen molar-refractivity contribution in [2.45, 2.75) is 152 Å². The van der Waals surface area contributed by atoms with E-state index in [1.807, 2.05) is 174 Å². The van der Waals surface area contributed by atoms with Crippen molar-refractivity contribution in [1.29, 1.82) is 0 Å². The molecule has 0 unspecified atom stereocenters. The smallest absolute Gasteiger partial charge is 0.410 e. The van der Waals surface area contributed by atoms with Crippen LogP contribution in [0.25, 0.3) is 11.1 Å². The number of guanidine groups is 1. The molecule has 1 aliphatic carbocycles. The van der Waals surface area contributed by atoms with Gasteiger partial charge in [-0.3, -0.25) is 33.9 Å². The molecule has 19 nitrogen and oxygen atoms in total. The molecule has 0 fully saturated rings. The number of rotatable bonds is 30. The molecule has 4 atom stereocenters. The first kappa shape index (κ1) is 70.2. The lowest BCUT2D eigenvalue weighted by molar-refractivity contribution is -0.143. The molecule has 6 amide bonds. The van der Waals surface area contributed by atoms with Gasteiger partial charge in [-0.2, -0.15) is 0 Å². The second-order valence-corrected chi connectivity index (χ2v) is 27.5. The predicted octanol–water partition coefficient (Wildman–Crippen LogP) is 9.45. The number of likely N-dealkylation sites (N-methyl/N-ethyl adjacent to an activating group) is 2. The van der Waals surface area contributed by atoms with Crippen LogP contribution in [0.3, 0.4) is 0 Å². The molecule has 0 saturated carbocycles. The largest absolute Gasteiger partial charge is 0.487 e. The molecule has 0 saturated heterocycles. The monoisotopic (exact) mass is 1300 g/mol. The number of sulfonamides is 1. The number of nitrogens with two attached hydrogens (primary N) is 2. The van der Waals surface area contributed by atoms with Crippen LogP contribution >= 0.6 is 11.8 Å². The molecule has 6 aromatic carbocycles. The van der Waals surface area contributed by atoms with E-state index in [4.69, 9.17) is 20.9 Å². The van der Waals surface area contributed by atoms with Gasteiger partial charge in [-0.1, -0.05) is 179 Å². The van der Waals surface area contributed by atoms with Gasteiger partial charge in [0, 0.05) is 44.3 Å². The number of benzene rings is 6. The molecule has 0 aromatic heterocycles. The summed E-state index contributed by atoms with van der Waals surface area (Å²) in [5, 5.41) is 8.43. The molecule has 0 bridgehead atoms. The number of fused-ring (bicyclic) bond motifs is 4. The number of amides is 6. The summed E-state index contributed by atoms with van der Waals surface area (Å²) in [4.78, 5) is 93.5. The number of nitrogens with zero attached hydrogens (tertiary/aromatic N) is 3. The molecule has 0 radical (unpaired) electrons. The van der Waals surface area contributed by atoms with Crippen molar-refractivity contribution in [3.05, 3.63) is 190 Å². The molecule has 21 heteroatoms. The van der Waals surface area contributed by atoms with Crippen LogP contribution in [0.15, 0.2) is 149 Å². The first-order chi connectivity index (χ1) is 44.4. The van der Waals surface area contributed by atoms with E-state index in [0.717, 1.165) is 44.5 Å². The molecular weight excluding hydrogens is 1210 g/mol. The SMILES string of the molecule is CCCC[C@@H](C(=O)N(C)[C@@H](CCCC)C(=O)N[C@@H](CCCN=C(N)NS(=O)(=O)c1c(C)c(C)c2c(c1C)CC(C)(C)O2)C(=O)N[C@@H](CSC(c1ccccc1)(c1ccccc1)c1ccccc1)C(=O)NCC(N)=O)N(C)C(=O)OCC1c2ccccc2-c2ccccc21. The molecule has 1 heterocycles. The van der Waals surface area contributed by atoms with E-state index in [0.29, 0.717) is 54.5 Å². The normalized spacial score (nSPS) is 14.6. The van der Waals surface area contributed by atoms with E-state index in [1.54, 1.807) is 13.8 Å². The third-order valence-corrected chi connectivity index (χ3v) is 20.9. The maximum Gasteiger partial charge on any atom is 0.410 e. The van der Waals surface area contributed by atoms with Gasteiger partial charge in [-0.25, -0.2) is 17.9 Å². The summed E-state index contributed by atoms with van der Waals surface area (Å²) in [6, 6.07) is 40.3. The Labute approximate surface area is 551 Å². The third-order valence-electron chi connectivity index (χ3n) is 17.6. The average Bonchev–Trinajstić information content (AvgIpc) is 1.75. The summed E-state index contributed by atoms with van der Waals surface area (Å²) in [6.45, 7) is 12.5. The van der Waals surface area contributed by atoms with Crippen LogP contribution in [0, 0.1) is 20.8 Å². The van der Waals surface area contributed by atoms with Gasteiger partial charge in [0.15, 0.2) is 0 Å². The van der Waals surface area contributed by atoms with Crippen LogP contribution in [0.2, 0.25) is 0 Å². The van der Waals surface area contributed by atoms with Crippen LogP contribution < -0.4 is 36.9 Å². The Morgan fingerprint density at radius 1 is 0.667 bits per heavy atom. The summed E-state index contributed by atoms with van der Waals surface area (Å²) >= 11 is 1.39. The maximum absolute atomic E-state index is 15.3. The first-order valence-corrected chi connectivity index (χ1v) is 34.4. The van der Waals surface area contributed by atoms with E-state index in [1.165, 1.54) is 35.7 Å². The summed E-state index contributed by atoms with van der Waals surface area (Å²) < 4.78 is 42.1. The van der Waals surface area contributed by atoms with E-state index >= 15 is 14.4 Å². The van der Waals surface area contributed by atoms with E-state index < -0.39 is 92.7 Å². The fourth-order valence-corrected chi connectivity index (χ4v) is 15.7. The summed E-state index contributed by atoms with van der Waals surface area (Å²) in [6.07, 6.45) is 2.60. The minimum absolute atomic E-state index is 0.0314. The number of aliphatic imine (C=N–C) groups is 1. The zero-order valence-corrected chi connectivity index (χ0v) is 56.4. The Hall–Kier alpha value is -8.69. The molecule has 93 heavy (non-hydrogen) atoms. The fourth-order valence-electron chi connectivity index (χ4n) is 12.6. The van der Waals surface area contributed by atoms with Crippen molar-refractivity contribution < 1.29 is 46.7 Å². The molecular formula is C72H89N9O10S2. The highest BCUT2D eigenvalue weighted by Gasteiger charge is 2.42. The van der Waals surface area contributed by atoms with Crippen molar-refractivity contribution in [2.24, 2.45) is 16.5 Å². The highest BCUT2D eigenvalue weighted by molar-refractivity contribution is 8.00. The summed E-state index contributed by atoms with van der Waals surface area (Å²) in [7, 11) is -1.24. The number of primary amides is 1. The number of hydrogen-bond donors (Lipinski definition) is 6. The highest BCUT2D eigenvalue weighted by Crippen LogP contribution is 2.49. The van der Waals surface area contributed by atoms with Gasteiger partial charge in [0.1, 0.15) is 42.1 Å². The number of ether oxygens (including phenoxy) is 2. The fraction of sp³-hybridized carbons (Fsp3) is 0.403. The lowest BCUT2D eigenvalue weighted by Gasteiger charge is -2.36. The van der Waals surface area contributed by atoms with Gasteiger partial charge in [0.25, 0.3) is 10.0 Å². The topological polar surface area (TPSA) is 274 Å². The third kappa shape index (κ3) is 16.4. The van der Waals surface area contributed by atoms with E-state index in [9.17, 15) is 22.8 Å². The molecule has 2 aliphatic rings. The second-order valence-electron chi connectivity index (χ2n) is 24.6. The van der Waals surface area contributed by atoms with Crippen LogP contribution in [0.1, 0.15) is 135 Å². The van der Waals surface area contributed by atoms with Crippen LogP contribution in [-0.4, -0.2) is 129 Å². The van der Waals surface area contributed by atoms with Gasteiger partial charge in [-0.15, -0.1) is 11.8 Å². The first-order valence-electron chi connectivity index (χ1n) is 31.9. The van der Waals surface area contributed by atoms with Crippen LogP contribution in [0.5, 0.6) is 5.75 Å². The summed E-state index contributed by atoms with van der Waals surface area (Å²) in [5.41, 5.74) is 20.8. The molecule has 0 spiro atoms. The number of carbonyl (C=O) groups excluding carboxylic acids is 6. The lowest BCUT2D eigenvalue weighted by atomic mass is 9.84. The van der Waals surface area contributed by atoms with E-state index in [-0.39, 0.29) is 55.4 Å². The van der Waals surface area contributed by atoms with Crippen LogP contribution in [0.4, 0.5) is 4.79 Å². The Morgan fingerprint density at radius 3 is 1.72 bits per heavy atom. The van der Waals surface area contributed by atoms with Crippen molar-refractivity contribution in [3.63, 3.8) is 0 Å². The van der Waals surface area contributed by atoms with Gasteiger partial charge in [0.05, 0.1) is 16.2 Å². The molecule has 6 aromatic rings. The second kappa shape index (κ2) is 31.3. The lowest BCUT2D eigenvalue weighted by Crippen LogP contribution is -2.59. The molecule has 494 valence electrons. The Morgan fingerprint density at radius 2 is 1.18 bits per heavy atom. The standard InChI is InChI=1S/C72H89N9O10S2/c1-10-12-39-60(80(8)68(86)61(40-13-11-2)81(9)70(87)90-44-57-54-36-25-23-34-52(54)53-35-24-26-37-55(53)57)67(85)77-58(38-27-41-75-69(74)79-93(88,89)64-47(4)46(3)63-56(48(64)5)42-71(6,7)91-63)66(84)78-59(65(83)76-43-62(73)82)45-92-72(49-28-17-14-18-29-49,50-30-19-15-20-31-50)51-32-21-16-22-33-51/h14-26,28-37,57-61H,10-13,27,38-45H2,1-9H3,(H2,73,82)(H,76,83)(H,77,85)(H,78,84)(H3,74,75,79)/t58-,59-,60-,61-/m0/s1. The quantitative estimate of drug-likeness (QED) is 0.0107. The Kier molecular flexibility index (Phi) is 23.6. The summed E-state index contributed by atoms with van der Waals surface area (Å²) in [5.74, 6) is -3.55. The van der Waals surface area contributed by atoms with Gasteiger partial charge < -0.3 is 41.8 Å². The van der Waals surface area contributed by atoms with Gasteiger partial charge in [0.2, 0.25) is 35.5 Å². The Bertz CT molecular complexity index is 3650. The van der Waals surface area contributed by atoms with Crippen molar-refractivity contribution in [2.75, 3.05) is 39.5 Å². The number of thioether (sulfide) groups is 1. The van der Waals surface area contributed by atoms with Crippen molar-refractivity contribution in [1.82, 2.24) is 30.5 Å². The van der Waals surface area contributed by atoms with E-state index in [2.05, 4.69) is 25.7 Å². The van der Waals surface area contributed by atoms with Gasteiger partial charge in [-0.05, 0) is 116 Å². The average molecular weight is 1300 g/mol. The number of unbranched alkanes of at least 4 members (excludes halogenated alkanes) is 2. The number of nitrogens with one attached hydrogen (secondary N) is 4.